The number of aromatic nitrogens is 2. The molecule has 2 rings (SSSR count). The van der Waals surface area contributed by atoms with E-state index in [0.717, 1.165) is 6.20 Å². The number of urea groups is 1. The second-order valence-electron chi connectivity index (χ2n) is 5.50. The molecule has 0 aliphatic carbocycles. The summed E-state index contributed by atoms with van der Waals surface area (Å²) in [6.07, 6.45) is 2.04. The van der Waals surface area contributed by atoms with Gasteiger partial charge < -0.3 is 20.1 Å². The van der Waals surface area contributed by atoms with Gasteiger partial charge in [-0.15, -0.1) is 0 Å². The second-order valence-corrected chi connectivity index (χ2v) is 5.91. The maximum absolute atomic E-state index is 12.3. The number of rotatable bonds is 6. The molecule has 2 N–H and O–H groups in total. The highest BCUT2D eigenvalue weighted by molar-refractivity contribution is 6.32. The average Bonchev–Trinajstić information content (AvgIpc) is 2.64. The summed E-state index contributed by atoms with van der Waals surface area (Å²) in [5.41, 5.74) is 1.70. The number of pyridine rings is 2. The number of amides is 2. The van der Waals surface area contributed by atoms with Gasteiger partial charge in [-0.1, -0.05) is 11.6 Å². The molecule has 1 unspecified atom stereocenters. The number of halogens is 3. The summed E-state index contributed by atoms with van der Waals surface area (Å²) in [4.78, 5) is 20.0. The van der Waals surface area contributed by atoms with Gasteiger partial charge in [-0.3, -0.25) is 4.98 Å². The van der Waals surface area contributed by atoms with Crippen molar-refractivity contribution in [1.82, 2.24) is 9.97 Å². The van der Waals surface area contributed by atoms with E-state index in [1.165, 1.54) is 19.4 Å². The molecule has 0 aliphatic rings. The number of alkyl halides is 2. The van der Waals surface area contributed by atoms with Crippen molar-refractivity contribution in [3.05, 3.63) is 40.3 Å². The Morgan fingerprint density at radius 1 is 1.32 bits per heavy atom. The molecule has 2 aromatic rings. The summed E-state index contributed by atoms with van der Waals surface area (Å²) in [5, 5.41) is 14.2. The van der Waals surface area contributed by atoms with Crippen molar-refractivity contribution in [3.63, 3.8) is 0 Å². The Hall–Kier alpha value is -3.03. The van der Waals surface area contributed by atoms with E-state index in [-0.39, 0.29) is 16.4 Å². The minimum absolute atomic E-state index is 0.144. The minimum atomic E-state index is -3.07. The van der Waals surface area contributed by atoms with Crippen LogP contribution in [0.5, 0.6) is 5.88 Å². The minimum Gasteiger partial charge on any atom is -0.415 e. The molecule has 2 heterocycles. The zero-order valence-corrected chi connectivity index (χ0v) is 15.8. The van der Waals surface area contributed by atoms with Crippen molar-refractivity contribution in [2.24, 2.45) is 0 Å². The molecule has 0 aliphatic heterocycles. The number of carbonyl (C=O) groups is 1. The van der Waals surface area contributed by atoms with Crippen LogP contribution in [-0.2, 0) is 4.74 Å². The SMILES string of the molecule is COC(C)c1c(NC(=O)Nc2cnc(OC(F)F)c(Cl)c2)cnc(C)c1C#N. The molecular formula is C17H16ClF2N5O3. The van der Waals surface area contributed by atoms with Crippen molar-refractivity contribution in [2.45, 2.75) is 26.6 Å². The highest BCUT2D eigenvalue weighted by Crippen LogP contribution is 2.30. The molecule has 0 radical (unpaired) electrons. The van der Waals surface area contributed by atoms with Crippen LogP contribution in [0.3, 0.4) is 0 Å². The summed E-state index contributed by atoms with van der Waals surface area (Å²) >= 11 is 5.80. The first kappa shape index (κ1) is 21.3. The van der Waals surface area contributed by atoms with Crippen LogP contribution >= 0.6 is 11.6 Å². The Morgan fingerprint density at radius 2 is 2.04 bits per heavy atom. The molecule has 28 heavy (non-hydrogen) atoms. The molecule has 0 aromatic carbocycles. The molecule has 8 nitrogen and oxygen atoms in total. The quantitative estimate of drug-likeness (QED) is 0.734. The van der Waals surface area contributed by atoms with E-state index in [1.54, 1.807) is 13.8 Å². The standard InChI is InChI=1S/C17H16ClF2N5O3/c1-8-11(5-21)14(9(2)27-3)13(7-22-8)25-17(26)24-10-4-12(18)15(23-6-10)28-16(19)20/h4,6-7,9,16H,1-3H3,(H2,24,25,26). The Balaban J connectivity index is 2.22. The third-order valence-corrected chi connectivity index (χ3v) is 3.97. The van der Waals surface area contributed by atoms with Crippen LogP contribution in [0, 0.1) is 18.3 Å². The van der Waals surface area contributed by atoms with Crippen LogP contribution in [0.4, 0.5) is 25.0 Å². The first-order valence-corrected chi connectivity index (χ1v) is 8.25. The van der Waals surface area contributed by atoms with E-state index in [2.05, 4.69) is 31.4 Å². The Labute approximate surface area is 164 Å². The lowest BCUT2D eigenvalue weighted by molar-refractivity contribution is -0.0527. The molecule has 0 bridgehead atoms. The van der Waals surface area contributed by atoms with Gasteiger partial charge in [-0.05, 0) is 19.9 Å². The maximum Gasteiger partial charge on any atom is 0.388 e. The largest absolute Gasteiger partial charge is 0.415 e. The third-order valence-electron chi connectivity index (χ3n) is 3.69. The van der Waals surface area contributed by atoms with Crippen LogP contribution in [-0.4, -0.2) is 29.7 Å². The average molecular weight is 412 g/mol. The van der Waals surface area contributed by atoms with Gasteiger partial charge in [0.1, 0.15) is 11.1 Å². The highest BCUT2D eigenvalue weighted by Gasteiger charge is 2.20. The Morgan fingerprint density at radius 3 is 2.61 bits per heavy atom. The fourth-order valence-electron chi connectivity index (χ4n) is 2.36. The van der Waals surface area contributed by atoms with Crippen LogP contribution in [0.1, 0.15) is 29.8 Å². The lowest BCUT2D eigenvalue weighted by Gasteiger charge is -2.18. The van der Waals surface area contributed by atoms with Crippen molar-refractivity contribution >= 4 is 29.0 Å². The smallest absolute Gasteiger partial charge is 0.388 e. The second kappa shape index (κ2) is 9.25. The molecule has 0 saturated carbocycles. The van der Waals surface area contributed by atoms with Gasteiger partial charge in [-0.25, -0.2) is 9.78 Å². The van der Waals surface area contributed by atoms with Gasteiger partial charge in [-0.2, -0.15) is 14.0 Å². The molecular weight excluding hydrogens is 396 g/mol. The molecule has 148 valence electrons. The lowest BCUT2D eigenvalue weighted by atomic mass is 10.0. The van der Waals surface area contributed by atoms with E-state index in [0.29, 0.717) is 16.8 Å². The number of nitriles is 1. The van der Waals surface area contributed by atoms with Gasteiger partial charge in [0, 0.05) is 12.7 Å². The molecule has 1 atom stereocenters. The zero-order chi connectivity index (χ0) is 20.8. The topological polar surface area (TPSA) is 109 Å². The van der Waals surface area contributed by atoms with E-state index in [1.807, 2.05) is 0 Å². The lowest BCUT2D eigenvalue weighted by Crippen LogP contribution is -2.22. The number of hydrogen-bond donors (Lipinski definition) is 2. The van der Waals surface area contributed by atoms with Crippen LogP contribution in [0.15, 0.2) is 18.5 Å². The molecule has 2 amide bonds. The van der Waals surface area contributed by atoms with Crippen molar-refractivity contribution in [2.75, 3.05) is 17.7 Å². The summed E-state index contributed by atoms with van der Waals surface area (Å²) < 4.78 is 33.9. The van der Waals surface area contributed by atoms with Gasteiger partial charge in [0.25, 0.3) is 0 Å². The number of methoxy groups -OCH3 is 1. The zero-order valence-electron chi connectivity index (χ0n) is 15.1. The fraction of sp³-hybridized carbons (Fsp3) is 0.294. The predicted molar refractivity (Wildman–Crippen MR) is 97.6 cm³/mol. The van der Waals surface area contributed by atoms with Crippen LogP contribution in [0.2, 0.25) is 5.02 Å². The van der Waals surface area contributed by atoms with Crippen molar-refractivity contribution in [3.8, 4) is 11.9 Å². The summed E-state index contributed by atoms with van der Waals surface area (Å²) in [7, 11) is 1.47. The summed E-state index contributed by atoms with van der Waals surface area (Å²) in [6.45, 7) is 0.325. The van der Waals surface area contributed by atoms with Gasteiger partial charge >= 0.3 is 12.6 Å². The first-order chi connectivity index (χ1) is 13.3. The fourth-order valence-corrected chi connectivity index (χ4v) is 2.57. The van der Waals surface area contributed by atoms with E-state index in [4.69, 9.17) is 16.3 Å². The number of carbonyl (C=O) groups excluding carboxylic acids is 1. The normalized spacial score (nSPS) is 11.6. The predicted octanol–water partition coefficient (Wildman–Crippen LogP) is 4.26. The van der Waals surface area contributed by atoms with E-state index < -0.39 is 24.6 Å². The maximum atomic E-state index is 12.3. The first-order valence-electron chi connectivity index (χ1n) is 7.87. The van der Waals surface area contributed by atoms with Crippen molar-refractivity contribution < 1.29 is 23.0 Å². The molecule has 0 saturated heterocycles. The summed E-state index contributed by atoms with van der Waals surface area (Å²) in [5.74, 6) is -0.458. The molecule has 0 spiro atoms. The third kappa shape index (κ3) is 5.03. The molecule has 2 aromatic heterocycles. The van der Waals surface area contributed by atoms with E-state index in [9.17, 15) is 18.8 Å². The summed E-state index contributed by atoms with van der Waals surface area (Å²) in [6, 6.07) is 2.58. The number of hydrogen-bond acceptors (Lipinski definition) is 6. The number of anilines is 2. The Kier molecular flexibility index (Phi) is 7.03. The number of nitrogens with one attached hydrogen (secondary N) is 2. The van der Waals surface area contributed by atoms with Gasteiger partial charge in [0.15, 0.2) is 0 Å². The van der Waals surface area contributed by atoms with E-state index >= 15 is 0 Å². The Bertz CT molecular complexity index is 920. The number of nitrogens with zero attached hydrogens (tertiary/aromatic N) is 3. The molecule has 0 fully saturated rings. The van der Waals surface area contributed by atoms with Crippen molar-refractivity contribution in [1.29, 1.82) is 5.26 Å². The molecule has 11 heteroatoms. The van der Waals surface area contributed by atoms with Gasteiger partial charge in [0.2, 0.25) is 5.88 Å². The van der Waals surface area contributed by atoms with Gasteiger partial charge in [0.05, 0.1) is 41.1 Å². The number of aryl methyl sites for hydroxylation is 1. The monoisotopic (exact) mass is 411 g/mol. The van der Waals surface area contributed by atoms with Crippen LogP contribution < -0.4 is 15.4 Å². The number of ether oxygens (including phenoxy) is 2. The van der Waals surface area contributed by atoms with Crippen LogP contribution in [0.25, 0.3) is 0 Å². The highest BCUT2D eigenvalue weighted by atomic mass is 35.5.